The smallest absolute Gasteiger partial charge is 0.138 e. The number of nitrogens with two attached hydrogens (primary N) is 1. The third-order valence-corrected chi connectivity index (χ3v) is 3.22. The number of ether oxygens (including phenoxy) is 1. The van der Waals surface area contributed by atoms with Crippen molar-refractivity contribution in [2.45, 2.75) is 32.4 Å². The molecule has 108 valence electrons. The van der Waals surface area contributed by atoms with Crippen LogP contribution in [0.1, 0.15) is 30.8 Å². The molecule has 3 N–H and O–H groups in total. The van der Waals surface area contributed by atoms with Gasteiger partial charge >= 0.3 is 0 Å². The van der Waals surface area contributed by atoms with Crippen LogP contribution in [0.2, 0.25) is 0 Å². The third-order valence-electron chi connectivity index (χ3n) is 3.22. The number of hydrazine groups is 1. The van der Waals surface area contributed by atoms with E-state index in [1.54, 1.807) is 13.4 Å². The highest BCUT2D eigenvalue weighted by molar-refractivity contribution is 5.30. The summed E-state index contributed by atoms with van der Waals surface area (Å²) in [7, 11) is 1.65. The number of hydrogen-bond donors (Lipinski definition) is 2. The van der Waals surface area contributed by atoms with Gasteiger partial charge in [-0.2, -0.15) is 5.10 Å². The Labute approximate surface area is 118 Å². The molecule has 0 spiro atoms. The molecule has 2 aromatic rings. The van der Waals surface area contributed by atoms with Crippen molar-refractivity contribution in [3.8, 4) is 5.75 Å². The van der Waals surface area contributed by atoms with Gasteiger partial charge in [0.05, 0.1) is 13.2 Å². The lowest BCUT2D eigenvalue weighted by Gasteiger charge is -2.17. The van der Waals surface area contributed by atoms with Crippen molar-refractivity contribution in [2.24, 2.45) is 5.84 Å². The van der Waals surface area contributed by atoms with E-state index in [1.807, 2.05) is 28.9 Å². The van der Waals surface area contributed by atoms with Crippen LogP contribution in [-0.4, -0.2) is 21.9 Å². The van der Waals surface area contributed by atoms with Gasteiger partial charge < -0.3 is 4.74 Å². The molecule has 0 radical (unpaired) electrons. The highest BCUT2D eigenvalue weighted by Gasteiger charge is 2.15. The predicted molar refractivity (Wildman–Crippen MR) is 77.1 cm³/mol. The summed E-state index contributed by atoms with van der Waals surface area (Å²) < 4.78 is 7.17. The SMILES string of the molecule is CCCn1ncnc1CC(NN)c1cccc(OC)c1. The largest absolute Gasteiger partial charge is 0.497 e. The van der Waals surface area contributed by atoms with Crippen LogP contribution >= 0.6 is 0 Å². The van der Waals surface area contributed by atoms with E-state index >= 15 is 0 Å². The molecule has 1 unspecified atom stereocenters. The average molecular weight is 275 g/mol. The normalized spacial score (nSPS) is 12.3. The molecule has 0 fully saturated rings. The van der Waals surface area contributed by atoms with E-state index in [1.165, 1.54) is 0 Å². The summed E-state index contributed by atoms with van der Waals surface area (Å²) in [5, 5.41) is 4.23. The minimum Gasteiger partial charge on any atom is -0.497 e. The topological polar surface area (TPSA) is 78.0 Å². The molecular formula is C14H21N5O. The second-order valence-corrected chi connectivity index (χ2v) is 4.60. The van der Waals surface area contributed by atoms with Gasteiger partial charge in [-0.1, -0.05) is 19.1 Å². The molecule has 6 nitrogen and oxygen atoms in total. The zero-order valence-corrected chi connectivity index (χ0v) is 11.9. The van der Waals surface area contributed by atoms with Crippen molar-refractivity contribution in [3.05, 3.63) is 42.0 Å². The van der Waals surface area contributed by atoms with E-state index in [2.05, 4.69) is 22.4 Å². The Hall–Kier alpha value is -1.92. The number of aromatic nitrogens is 3. The Kier molecular flexibility index (Phi) is 5.09. The first kappa shape index (κ1) is 14.5. The van der Waals surface area contributed by atoms with E-state index in [0.717, 1.165) is 30.1 Å². The van der Waals surface area contributed by atoms with Crippen molar-refractivity contribution in [3.63, 3.8) is 0 Å². The van der Waals surface area contributed by atoms with Crippen LogP contribution in [0.15, 0.2) is 30.6 Å². The number of aryl methyl sites for hydroxylation is 1. The van der Waals surface area contributed by atoms with E-state index in [0.29, 0.717) is 6.42 Å². The number of benzene rings is 1. The van der Waals surface area contributed by atoms with Crippen LogP contribution in [0.3, 0.4) is 0 Å². The van der Waals surface area contributed by atoms with Crippen molar-refractivity contribution in [2.75, 3.05) is 7.11 Å². The Balaban J connectivity index is 2.17. The maximum Gasteiger partial charge on any atom is 0.138 e. The van der Waals surface area contributed by atoms with Crippen LogP contribution in [0.25, 0.3) is 0 Å². The minimum absolute atomic E-state index is 0.0232. The first-order chi connectivity index (χ1) is 9.78. The molecule has 2 rings (SSSR count). The Morgan fingerprint density at radius 3 is 3.00 bits per heavy atom. The van der Waals surface area contributed by atoms with Crippen molar-refractivity contribution < 1.29 is 4.74 Å². The van der Waals surface area contributed by atoms with Crippen LogP contribution in [0.5, 0.6) is 5.75 Å². The van der Waals surface area contributed by atoms with Crippen LogP contribution in [0.4, 0.5) is 0 Å². The molecule has 0 bridgehead atoms. The van der Waals surface area contributed by atoms with Gasteiger partial charge in [0, 0.05) is 13.0 Å². The van der Waals surface area contributed by atoms with Gasteiger partial charge in [0.15, 0.2) is 0 Å². The van der Waals surface area contributed by atoms with E-state index in [4.69, 9.17) is 10.6 Å². The zero-order chi connectivity index (χ0) is 14.4. The van der Waals surface area contributed by atoms with Crippen LogP contribution < -0.4 is 16.0 Å². The van der Waals surface area contributed by atoms with Gasteiger partial charge in [-0.15, -0.1) is 0 Å². The maximum absolute atomic E-state index is 5.69. The highest BCUT2D eigenvalue weighted by Crippen LogP contribution is 2.21. The predicted octanol–water partition coefficient (Wildman–Crippen LogP) is 1.44. The highest BCUT2D eigenvalue weighted by atomic mass is 16.5. The molecule has 0 aliphatic heterocycles. The number of nitrogens with one attached hydrogen (secondary N) is 1. The van der Waals surface area contributed by atoms with Gasteiger partial charge in [0.1, 0.15) is 17.9 Å². The Morgan fingerprint density at radius 2 is 2.30 bits per heavy atom. The zero-order valence-electron chi connectivity index (χ0n) is 11.9. The second kappa shape index (κ2) is 7.02. The van der Waals surface area contributed by atoms with E-state index in [9.17, 15) is 0 Å². The molecule has 0 saturated carbocycles. The lowest BCUT2D eigenvalue weighted by atomic mass is 10.0. The van der Waals surface area contributed by atoms with E-state index < -0.39 is 0 Å². The van der Waals surface area contributed by atoms with E-state index in [-0.39, 0.29) is 6.04 Å². The number of nitrogens with zero attached hydrogens (tertiary/aromatic N) is 3. The fourth-order valence-corrected chi connectivity index (χ4v) is 2.16. The first-order valence-corrected chi connectivity index (χ1v) is 6.75. The molecular weight excluding hydrogens is 254 g/mol. The number of rotatable bonds is 7. The molecule has 6 heteroatoms. The molecule has 1 aromatic carbocycles. The summed E-state index contributed by atoms with van der Waals surface area (Å²) in [6.07, 6.45) is 3.30. The molecule has 0 saturated heterocycles. The number of hydrogen-bond acceptors (Lipinski definition) is 5. The lowest BCUT2D eigenvalue weighted by Crippen LogP contribution is -2.30. The fraction of sp³-hybridized carbons (Fsp3) is 0.429. The lowest BCUT2D eigenvalue weighted by molar-refractivity contribution is 0.412. The molecule has 1 aromatic heterocycles. The van der Waals surface area contributed by atoms with Crippen molar-refractivity contribution in [1.29, 1.82) is 0 Å². The Morgan fingerprint density at radius 1 is 1.45 bits per heavy atom. The van der Waals surface area contributed by atoms with Crippen molar-refractivity contribution >= 4 is 0 Å². The van der Waals surface area contributed by atoms with Crippen LogP contribution in [0, 0.1) is 0 Å². The molecule has 1 atom stereocenters. The summed E-state index contributed by atoms with van der Waals surface area (Å²) >= 11 is 0. The molecule has 0 aliphatic carbocycles. The van der Waals surface area contributed by atoms with Gasteiger partial charge in [-0.3, -0.25) is 16.0 Å². The van der Waals surface area contributed by atoms with Gasteiger partial charge in [-0.25, -0.2) is 4.98 Å². The molecule has 20 heavy (non-hydrogen) atoms. The minimum atomic E-state index is -0.0232. The summed E-state index contributed by atoms with van der Waals surface area (Å²) in [5.41, 5.74) is 3.91. The number of methoxy groups -OCH3 is 1. The molecule has 0 aliphatic rings. The monoisotopic (exact) mass is 275 g/mol. The molecule has 0 amide bonds. The quantitative estimate of drug-likeness (QED) is 0.590. The Bertz CT molecular complexity index is 540. The third kappa shape index (κ3) is 3.34. The van der Waals surface area contributed by atoms with Crippen LogP contribution in [-0.2, 0) is 13.0 Å². The summed E-state index contributed by atoms with van der Waals surface area (Å²) in [6, 6.07) is 7.84. The van der Waals surface area contributed by atoms with Gasteiger partial charge in [0.2, 0.25) is 0 Å². The molecule has 1 heterocycles. The fourth-order valence-electron chi connectivity index (χ4n) is 2.16. The summed E-state index contributed by atoms with van der Waals surface area (Å²) in [5.74, 6) is 7.43. The van der Waals surface area contributed by atoms with Gasteiger partial charge in [0.25, 0.3) is 0 Å². The van der Waals surface area contributed by atoms with Crippen molar-refractivity contribution in [1.82, 2.24) is 20.2 Å². The summed E-state index contributed by atoms with van der Waals surface area (Å²) in [6.45, 7) is 2.98. The first-order valence-electron chi connectivity index (χ1n) is 6.75. The summed E-state index contributed by atoms with van der Waals surface area (Å²) in [4.78, 5) is 4.32. The standard InChI is InChI=1S/C14H21N5O/c1-3-7-19-14(16-10-17-19)9-13(18-15)11-5-4-6-12(8-11)20-2/h4-6,8,10,13,18H,3,7,9,15H2,1-2H3. The average Bonchev–Trinajstić information content (AvgIpc) is 2.92. The second-order valence-electron chi connectivity index (χ2n) is 4.60. The van der Waals surface area contributed by atoms with Gasteiger partial charge in [-0.05, 0) is 24.1 Å². The maximum atomic E-state index is 5.69.